The van der Waals surface area contributed by atoms with E-state index in [9.17, 15) is 0 Å². The van der Waals surface area contributed by atoms with Crippen LogP contribution in [0, 0.1) is 0 Å². The van der Waals surface area contributed by atoms with Crippen LogP contribution in [0.25, 0.3) is 0 Å². The predicted octanol–water partition coefficient (Wildman–Crippen LogP) is 3.03. The Hall–Kier alpha value is -2.14. The van der Waals surface area contributed by atoms with Crippen molar-refractivity contribution in [2.45, 2.75) is 13.0 Å². The lowest BCUT2D eigenvalue weighted by molar-refractivity contribution is 0.297. The van der Waals surface area contributed by atoms with E-state index in [2.05, 4.69) is 5.32 Å². The number of hydrogen-bond acceptors (Lipinski definition) is 5. The van der Waals surface area contributed by atoms with Crippen molar-refractivity contribution in [3.63, 3.8) is 0 Å². The molecule has 21 heavy (non-hydrogen) atoms. The third-order valence-electron chi connectivity index (χ3n) is 3.12. The van der Waals surface area contributed by atoms with Crippen LogP contribution in [0.3, 0.4) is 0 Å². The molecule has 0 amide bonds. The standard InChI is InChI=1S/C16H21NO4/c1-12(16-5-4-7-21-16)17-6-8-20-15-10-13(18-2)9-14(11-15)19-3/h4-5,7,9-12,17H,6,8H2,1-3H3. The van der Waals surface area contributed by atoms with E-state index in [-0.39, 0.29) is 6.04 Å². The Morgan fingerprint density at radius 2 is 1.76 bits per heavy atom. The van der Waals surface area contributed by atoms with Gasteiger partial charge in [-0.05, 0) is 19.1 Å². The maximum Gasteiger partial charge on any atom is 0.126 e. The SMILES string of the molecule is COc1cc(OC)cc(OCCNC(C)c2ccco2)c1. The minimum atomic E-state index is 0.156. The molecule has 1 N–H and O–H groups in total. The summed E-state index contributed by atoms with van der Waals surface area (Å²) in [7, 11) is 3.23. The fourth-order valence-corrected chi connectivity index (χ4v) is 1.95. The number of furan rings is 1. The minimum absolute atomic E-state index is 0.156. The largest absolute Gasteiger partial charge is 0.496 e. The molecule has 0 aliphatic rings. The van der Waals surface area contributed by atoms with Crippen molar-refractivity contribution in [1.29, 1.82) is 0 Å². The third kappa shape index (κ3) is 4.43. The van der Waals surface area contributed by atoms with Gasteiger partial charge >= 0.3 is 0 Å². The highest BCUT2D eigenvalue weighted by Crippen LogP contribution is 2.27. The van der Waals surface area contributed by atoms with Crippen LogP contribution in [-0.2, 0) is 0 Å². The number of nitrogens with one attached hydrogen (secondary N) is 1. The molecule has 0 radical (unpaired) electrons. The average molecular weight is 291 g/mol. The summed E-state index contributed by atoms with van der Waals surface area (Å²) in [5.41, 5.74) is 0. The first-order chi connectivity index (χ1) is 10.2. The van der Waals surface area contributed by atoms with E-state index in [0.29, 0.717) is 24.7 Å². The number of benzene rings is 1. The monoisotopic (exact) mass is 291 g/mol. The minimum Gasteiger partial charge on any atom is -0.496 e. The van der Waals surface area contributed by atoms with Gasteiger partial charge in [-0.3, -0.25) is 0 Å². The van der Waals surface area contributed by atoms with Crippen molar-refractivity contribution in [3.8, 4) is 17.2 Å². The lowest BCUT2D eigenvalue weighted by atomic mass is 10.2. The molecule has 0 spiro atoms. The van der Waals surface area contributed by atoms with Gasteiger partial charge in [-0.15, -0.1) is 0 Å². The molecule has 0 saturated carbocycles. The molecule has 1 unspecified atom stereocenters. The average Bonchev–Trinajstić information content (AvgIpc) is 3.05. The zero-order valence-corrected chi connectivity index (χ0v) is 12.6. The Balaban J connectivity index is 1.80. The lowest BCUT2D eigenvalue weighted by Gasteiger charge is -2.13. The van der Waals surface area contributed by atoms with Crippen molar-refractivity contribution in [2.24, 2.45) is 0 Å². The molecule has 5 nitrogen and oxygen atoms in total. The van der Waals surface area contributed by atoms with Crippen LogP contribution in [0.1, 0.15) is 18.7 Å². The highest BCUT2D eigenvalue weighted by Gasteiger charge is 2.07. The molecule has 114 valence electrons. The molecule has 0 saturated heterocycles. The van der Waals surface area contributed by atoms with E-state index in [1.54, 1.807) is 20.5 Å². The van der Waals surface area contributed by atoms with Gasteiger partial charge in [0.05, 0.1) is 26.5 Å². The van der Waals surface area contributed by atoms with Crippen LogP contribution >= 0.6 is 0 Å². The van der Waals surface area contributed by atoms with Gasteiger partial charge in [0.15, 0.2) is 0 Å². The first-order valence-corrected chi connectivity index (χ1v) is 6.85. The molecule has 0 aliphatic carbocycles. The Kier molecular flexibility index (Phi) is 5.51. The first kappa shape index (κ1) is 15.3. The number of rotatable bonds is 8. The van der Waals surface area contributed by atoms with E-state index in [4.69, 9.17) is 18.6 Å². The summed E-state index contributed by atoms with van der Waals surface area (Å²) < 4.78 is 21.4. The van der Waals surface area contributed by atoms with E-state index in [1.165, 1.54) is 0 Å². The molecule has 5 heteroatoms. The van der Waals surface area contributed by atoms with Crippen molar-refractivity contribution < 1.29 is 18.6 Å². The molecule has 1 aromatic heterocycles. The second kappa shape index (κ2) is 7.59. The van der Waals surface area contributed by atoms with Crippen LogP contribution in [0.15, 0.2) is 41.0 Å². The molecular weight excluding hydrogens is 270 g/mol. The van der Waals surface area contributed by atoms with E-state index in [1.807, 2.05) is 37.3 Å². The number of methoxy groups -OCH3 is 2. The fraction of sp³-hybridized carbons (Fsp3) is 0.375. The van der Waals surface area contributed by atoms with Crippen molar-refractivity contribution in [2.75, 3.05) is 27.4 Å². The van der Waals surface area contributed by atoms with Gasteiger partial charge in [0.25, 0.3) is 0 Å². The zero-order chi connectivity index (χ0) is 15.1. The first-order valence-electron chi connectivity index (χ1n) is 6.85. The molecule has 0 aliphatic heterocycles. The van der Waals surface area contributed by atoms with Crippen LogP contribution in [0.2, 0.25) is 0 Å². The Morgan fingerprint density at radius 1 is 1.10 bits per heavy atom. The van der Waals surface area contributed by atoms with Gasteiger partial charge in [-0.25, -0.2) is 0 Å². The molecular formula is C16H21NO4. The summed E-state index contributed by atoms with van der Waals surface area (Å²) in [5.74, 6) is 3.05. The maximum atomic E-state index is 5.71. The van der Waals surface area contributed by atoms with Crippen molar-refractivity contribution in [1.82, 2.24) is 5.32 Å². The van der Waals surface area contributed by atoms with E-state index in [0.717, 1.165) is 11.5 Å². The van der Waals surface area contributed by atoms with Gasteiger partial charge in [0.2, 0.25) is 0 Å². The van der Waals surface area contributed by atoms with Crippen LogP contribution in [0.5, 0.6) is 17.2 Å². The van der Waals surface area contributed by atoms with Gasteiger partial charge in [0, 0.05) is 24.7 Å². The highest BCUT2D eigenvalue weighted by atomic mass is 16.5. The second-order valence-corrected chi connectivity index (χ2v) is 4.59. The van der Waals surface area contributed by atoms with E-state index >= 15 is 0 Å². The Labute approximate surface area is 124 Å². The Bertz CT molecular complexity index is 517. The Morgan fingerprint density at radius 3 is 2.33 bits per heavy atom. The molecule has 1 atom stereocenters. The molecule has 1 aromatic carbocycles. The summed E-state index contributed by atoms with van der Waals surface area (Å²) in [5, 5.41) is 3.33. The van der Waals surface area contributed by atoms with Gasteiger partial charge < -0.3 is 23.9 Å². The number of ether oxygens (including phenoxy) is 3. The predicted molar refractivity (Wildman–Crippen MR) is 80.2 cm³/mol. The highest BCUT2D eigenvalue weighted by molar-refractivity contribution is 5.41. The summed E-state index contributed by atoms with van der Waals surface area (Å²) in [6.45, 7) is 3.30. The van der Waals surface area contributed by atoms with Gasteiger partial charge in [-0.2, -0.15) is 0 Å². The topological polar surface area (TPSA) is 52.9 Å². The van der Waals surface area contributed by atoms with Crippen LogP contribution in [0.4, 0.5) is 0 Å². The third-order valence-corrected chi connectivity index (χ3v) is 3.12. The molecule has 1 heterocycles. The van der Waals surface area contributed by atoms with Gasteiger partial charge in [-0.1, -0.05) is 0 Å². The molecule has 0 fully saturated rings. The summed E-state index contributed by atoms with van der Waals surface area (Å²) in [6.07, 6.45) is 1.67. The summed E-state index contributed by atoms with van der Waals surface area (Å²) >= 11 is 0. The molecule has 2 rings (SSSR count). The lowest BCUT2D eigenvalue weighted by Crippen LogP contribution is -2.24. The smallest absolute Gasteiger partial charge is 0.126 e. The molecule has 0 bridgehead atoms. The fourth-order valence-electron chi connectivity index (χ4n) is 1.95. The normalized spacial score (nSPS) is 12.0. The quantitative estimate of drug-likeness (QED) is 0.758. The van der Waals surface area contributed by atoms with Gasteiger partial charge in [0.1, 0.15) is 29.6 Å². The summed E-state index contributed by atoms with van der Waals surface area (Å²) in [4.78, 5) is 0. The van der Waals surface area contributed by atoms with Crippen molar-refractivity contribution in [3.05, 3.63) is 42.4 Å². The maximum absolute atomic E-state index is 5.71. The zero-order valence-electron chi connectivity index (χ0n) is 12.6. The molecule has 2 aromatic rings. The van der Waals surface area contributed by atoms with Crippen molar-refractivity contribution >= 4 is 0 Å². The number of hydrogen-bond donors (Lipinski definition) is 1. The van der Waals surface area contributed by atoms with Crippen LogP contribution in [-0.4, -0.2) is 27.4 Å². The van der Waals surface area contributed by atoms with Crippen LogP contribution < -0.4 is 19.5 Å². The second-order valence-electron chi connectivity index (χ2n) is 4.59. The van der Waals surface area contributed by atoms with E-state index < -0.39 is 0 Å². The summed E-state index contributed by atoms with van der Waals surface area (Å²) in [6, 6.07) is 9.46.